The highest BCUT2D eigenvalue weighted by atomic mass is 16.2. The Kier molecular flexibility index (Phi) is 3.10. The van der Waals surface area contributed by atoms with E-state index in [1.165, 1.54) is 25.8 Å². The Morgan fingerprint density at radius 3 is 2.78 bits per heavy atom. The van der Waals surface area contributed by atoms with Gasteiger partial charge in [-0.25, -0.2) is 0 Å². The van der Waals surface area contributed by atoms with Crippen LogP contribution in [-0.2, 0) is 4.79 Å². The molecule has 3 aliphatic rings. The molecule has 102 valence electrons. The maximum atomic E-state index is 12.5. The van der Waals surface area contributed by atoms with E-state index in [-0.39, 0.29) is 11.7 Å². The summed E-state index contributed by atoms with van der Waals surface area (Å²) in [7, 11) is 2.20. The molecular formula is C14H25N3O. The normalized spacial score (nSPS) is 35.4. The summed E-state index contributed by atoms with van der Waals surface area (Å²) in [6.07, 6.45) is 7.23. The van der Waals surface area contributed by atoms with Gasteiger partial charge >= 0.3 is 0 Å². The van der Waals surface area contributed by atoms with E-state index in [4.69, 9.17) is 0 Å². The molecule has 3 fully saturated rings. The molecule has 1 N–H and O–H groups in total. The third kappa shape index (κ3) is 1.95. The highest BCUT2D eigenvalue weighted by molar-refractivity contribution is 5.91. The predicted molar refractivity (Wildman–Crippen MR) is 71.2 cm³/mol. The van der Waals surface area contributed by atoms with Gasteiger partial charge in [0.25, 0.3) is 0 Å². The van der Waals surface area contributed by atoms with Crippen LogP contribution in [0.4, 0.5) is 0 Å². The summed E-state index contributed by atoms with van der Waals surface area (Å²) in [4.78, 5) is 17.0. The van der Waals surface area contributed by atoms with Crippen molar-refractivity contribution < 1.29 is 4.79 Å². The summed E-state index contributed by atoms with van der Waals surface area (Å²) < 4.78 is 0. The number of hydrogen-bond acceptors (Lipinski definition) is 3. The Hall–Kier alpha value is -0.610. The zero-order chi connectivity index (χ0) is 12.8. The van der Waals surface area contributed by atoms with Crippen molar-refractivity contribution in [2.75, 3.05) is 20.1 Å². The number of likely N-dealkylation sites (N-methyl/N-ethyl adjacent to an activating group) is 1. The van der Waals surface area contributed by atoms with Crippen molar-refractivity contribution in [1.29, 1.82) is 0 Å². The first-order valence-corrected chi connectivity index (χ1v) is 7.45. The fourth-order valence-electron chi connectivity index (χ4n) is 3.49. The number of likely N-dealkylation sites (tertiary alicyclic amines) is 1. The summed E-state index contributed by atoms with van der Waals surface area (Å²) in [6, 6.07) is 0.562. The average Bonchev–Trinajstić information content (AvgIpc) is 3.10. The second kappa shape index (κ2) is 4.49. The first-order valence-electron chi connectivity index (χ1n) is 7.45. The van der Waals surface area contributed by atoms with Gasteiger partial charge in [-0.05, 0) is 45.7 Å². The Labute approximate surface area is 110 Å². The molecular weight excluding hydrogens is 226 g/mol. The molecule has 4 nitrogen and oxygen atoms in total. The lowest BCUT2D eigenvalue weighted by molar-refractivity contribution is -0.131. The van der Waals surface area contributed by atoms with Crippen molar-refractivity contribution >= 4 is 5.91 Å². The Bertz CT molecular complexity index is 340. The van der Waals surface area contributed by atoms with Crippen LogP contribution in [0.15, 0.2) is 0 Å². The molecule has 1 aliphatic carbocycles. The van der Waals surface area contributed by atoms with Gasteiger partial charge in [-0.3, -0.25) is 10.1 Å². The number of hydrogen-bond donors (Lipinski definition) is 1. The maximum Gasteiger partial charge on any atom is 0.244 e. The molecule has 2 saturated heterocycles. The lowest BCUT2D eigenvalue weighted by atomic mass is 10.0. The number of amides is 1. The zero-order valence-electron chi connectivity index (χ0n) is 11.6. The number of carbonyl (C=O) groups is 1. The largest absolute Gasteiger partial charge is 0.324 e. The van der Waals surface area contributed by atoms with Crippen LogP contribution in [0.5, 0.6) is 0 Å². The summed E-state index contributed by atoms with van der Waals surface area (Å²) in [5.41, 5.74) is -0.145. The van der Waals surface area contributed by atoms with E-state index in [0.717, 1.165) is 25.8 Å². The van der Waals surface area contributed by atoms with Crippen LogP contribution in [0.25, 0.3) is 0 Å². The second-order valence-corrected chi connectivity index (χ2v) is 6.24. The van der Waals surface area contributed by atoms with E-state index < -0.39 is 0 Å². The number of piperidine rings is 1. The third-order valence-electron chi connectivity index (χ3n) is 4.96. The van der Waals surface area contributed by atoms with Crippen LogP contribution in [0.2, 0.25) is 0 Å². The molecule has 1 spiro atoms. The lowest BCUT2D eigenvalue weighted by Gasteiger charge is -2.36. The SMILES string of the molecule is CCC1NC2(CC2)C(=O)N1CC1CCCCN1C. The Balaban J connectivity index is 1.68. The van der Waals surface area contributed by atoms with Crippen molar-refractivity contribution in [3.63, 3.8) is 0 Å². The van der Waals surface area contributed by atoms with Crippen molar-refractivity contribution in [2.24, 2.45) is 0 Å². The second-order valence-electron chi connectivity index (χ2n) is 6.24. The lowest BCUT2D eigenvalue weighted by Crippen LogP contribution is -2.48. The minimum atomic E-state index is -0.145. The van der Waals surface area contributed by atoms with Gasteiger partial charge in [0, 0.05) is 12.6 Å². The van der Waals surface area contributed by atoms with E-state index in [2.05, 4.69) is 29.1 Å². The van der Waals surface area contributed by atoms with Gasteiger partial charge < -0.3 is 9.80 Å². The van der Waals surface area contributed by atoms with E-state index >= 15 is 0 Å². The van der Waals surface area contributed by atoms with E-state index in [1.54, 1.807) is 0 Å². The minimum absolute atomic E-state index is 0.145. The van der Waals surface area contributed by atoms with Crippen LogP contribution >= 0.6 is 0 Å². The zero-order valence-corrected chi connectivity index (χ0v) is 11.6. The van der Waals surface area contributed by atoms with Crippen molar-refractivity contribution in [1.82, 2.24) is 15.1 Å². The standard InChI is InChI=1S/C14H25N3O/c1-3-12-15-14(7-8-14)13(18)17(12)10-11-6-4-5-9-16(11)2/h11-12,15H,3-10H2,1-2H3. The molecule has 2 unspecified atom stereocenters. The fourth-order valence-corrected chi connectivity index (χ4v) is 3.49. The third-order valence-corrected chi connectivity index (χ3v) is 4.96. The molecule has 4 heteroatoms. The minimum Gasteiger partial charge on any atom is -0.324 e. The molecule has 1 saturated carbocycles. The maximum absolute atomic E-state index is 12.5. The van der Waals surface area contributed by atoms with Crippen molar-refractivity contribution in [2.45, 2.75) is 63.2 Å². The topological polar surface area (TPSA) is 35.6 Å². The highest BCUT2D eigenvalue weighted by Crippen LogP contribution is 2.42. The predicted octanol–water partition coefficient (Wildman–Crippen LogP) is 1.17. The van der Waals surface area contributed by atoms with Crippen LogP contribution in [0, 0.1) is 0 Å². The Morgan fingerprint density at radius 2 is 2.17 bits per heavy atom. The van der Waals surface area contributed by atoms with Crippen LogP contribution in [-0.4, -0.2) is 53.6 Å². The van der Waals surface area contributed by atoms with Crippen molar-refractivity contribution in [3.8, 4) is 0 Å². The number of carbonyl (C=O) groups excluding carboxylic acids is 1. The van der Waals surface area contributed by atoms with E-state index in [1.807, 2.05) is 0 Å². The smallest absolute Gasteiger partial charge is 0.244 e. The molecule has 2 heterocycles. The molecule has 2 atom stereocenters. The summed E-state index contributed by atoms with van der Waals surface area (Å²) in [5, 5.41) is 3.55. The quantitative estimate of drug-likeness (QED) is 0.818. The fraction of sp³-hybridized carbons (Fsp3) is 0.929. The van der Waals surface area contributed by atoms with Gasteiger partial charge in [0.1, 0.15) is 0 Å². The first kappa shape index (κ1) is 12.4. The summed E-state index contributed by atoms with van der Waals surface area (Å²) >= 11 is 0. The average molecular weight is 251 g/mol. The van der Waals surface area contributed by atoms with Gasteiger partial charge in [0.2, 0.25) is 5.91 Å². The Morgan fingerprint density at radius 1 is 1.39 bits per heavy atom. The van der Waals surface area contributed by atoms with Crippen LogP contribution in [0.3, 0.4) is 0 Å². The van der Waals surface area contributed by atoms with E-state index in [9.17, 15) is 4.79 Å². The molecule has 2 aliphatic heterocycles. The molecule has 0 aromatic carbocycles. The molecule has 0 radical (unpaired) electrons. The van der Waals surface area contributed by atoms with Gasteiger partial charge in [-0.15, -0.1) is 0 Å². The monoisotopic (exact) mass is 251 g/mol. The number of nitrogens with zero attached hydrogens (tertiary/aromatic N) is 2. The molecule has 1 amide bonds. The van der Waals surface area contributed by atoms with Crippen LogP contribution < -0.4 is 5.32 Å². The van der Waals surface area contributed by atoms with Gasteiger partial charge in [-0.1, -0.05) is 13.3 Å². The van der Waals surface area contributed by atoms with Crippen LogP contribution in [0.1, 0.15) is 45.4 Å². The van der Waals surface area contributed by atoms with E-state index in [0.29, 0.717) is 11.9 Å². The van der Waals surface area contributed by atoms with Gasteiger partial charge in [0.05, 0.1) is 11.7 Å². The highest BCUT2D eigenvalue weighted by Gasteiger charge is 2.58. The summed E-state index contributed by atoms with van der Waals surface area (Å²) in [6.45, 7) is 4.27. The molecule has 3 rings (SSSR count). The van der Waals surface area contributed by atoms with Crippen molar-refractivity contribution in [3.05, 3.63) is 0 Å². The molecule has 0 bridgehead atoms. The number of rotatable bonds is 3. The number of nitrogens with one attached hydrogen (secondary N) is 1. The molecule has 0 aromatic heterocycles. The first-order chi connectivity index (χ1) is 8.66. The van der Waals surface area contributed by atoms with Gasteiger partial charge in [-0.2, -0.15) is 0 Å². The molecule has 0 aromatic rings. The summed E-state index contributed by atoms with van der Waals surface area (Å²) in [5.74, 6) is 0.369. The van der Waals surface area contributed by atoms with Gasteiger partial charge in [0.15, 0.2) is 0 Å². The molecule has 18 heavy (non-hydrogen) atoms.